The number of rotatable bonds is 4. The molecule has 0 spiro atoms. The number of fused-ring (bicyclic) bond motifs is 1. The Hall–Kier alpha value is -3.72. The van der Waals surface area contributed by atoms with Crippen molar-refractivity contribution < 1.29 is 13.6 Å². The van der Waals surface area contributed by atoms with Gasteiger partial charge in [0.05, 0.1) is 11.9 Å². The molecule has 1 fully saturated rings. The summed E-state index contributed by atoms with van der Waals surface area (Å²) < 4.78 is 19.0. The first kappa shape index (κ1) is 19.3. The van der Waals surface area contributed by atoms with Gasteiger partial charge < -0.3 is 15.1 Å². The van der Waals surface area contributed by atoms with Crippen molar-refractivity contribution in [3.05, 3.63) is 66.7 Å². The van der Waals surface area contributed by atoms with Crippen LogP contribution in [0.3, 0.4) is 0 Å². The maximum atomic E-state index is 13.5. The van der Waals surface area contributed by atoms with Crippen LogP contribution in [0.5, 0.6) is 0 Å². The average molecular weight is 418 g/mol. The molecule has 0 aliphatic carbocycles. The first-order valence-corrected chi connectivity index (χ1v) is 10.00. The topological polar surface area (TPSA) is 106 Å². The molecule has 0 radical (unpaired) electrons. The zero-order valence-corrected chi connectivity index (χ0v) is 16.5. The van der Waals surface area contributed by atoms with E-state index in [-0.39, 0.29) is 17.5 Å². The van der Waals surface area contributed by atoms with Crippen LogP contribution in [0, 0.1) is 5.82 Å². The molecule has 2 N–H and O–H groups in total. The lowest BCUT2D eigenvalue weighted by Crippen LogP contribution is -2.26. The molecule has 0 unspecified atom stereocenters. The Kier molecular flexibility index (Phi) is 5.09. The van der Waals surface area contributed by atoms with Crippen molar-refractivity contribution in [3.63, 3.8) is 0 Å². The third kappa shape index (κ3) is 4.13. The van der Waals surface area contributed by atoms with E-state index in [9.17, 15) is 9.18 Å². The largest absolute Gasteiger partial charge is 0.448 e. The SMILES string of the molecule is O=C(Nc1cc2cc(-c3cncc(F)c3)ncc2cn1)c1coc(C2CCNCC2)n1. The van der Waals surface area contributed by atoms with Gasteiger partial charge in [0.2, 0.25) is 0 Å². The predicted octanol–water partition coefficient (Wildman–Crippen LogP) is 3.54. The van der Waals surface area contributed by atoms with Crippen LogP contribution in [0.15, 0.2) is 53.7 Å². The highest BCUT2D eigenvalue weighted by Gasteiger charge is 2.22. The van der Waals surface area contributed by atoms with E-state index < -0.39 is 5.82 Å². The Morgan fingerprint density at radius 3 is 2.74 bits per heavy atom. The van der Waals surface area contributed by atoms with Gasteiger partial charge in [0.1, 0.15) is 17.9 Å². The van der Waals surface area contributed by atoms with Gasteiger partial charge >= 0.3 is 0 Å². The van der Waals surface area contributed by atoms with E-state index in [1.807, 2.05) is 0 Å². The molecule has 0 bridgehead atoms. The van der Waals surface area contributed by atoms with Gasteiger partial charge in [-0.3, -0.25) is 14.8 Å². The summed E-state index contributed by atoms with van der Waals surface area (Å²) in [5.41, 5.74) is 1.36. The zero-order valence-electron chi connectivity index (χ0n) is 16.5. The summed E-state index contributed by atoms with van der Waals surface area (Å²) in [5.74, 6) is 0.374. The first-order valence-electron chi connectivity index (χ1n) is 10.00. The van der Waals surface area contributed by atoms with E-state index in [0.29, 0.717) is 23.0 Å². The third-order valence-electron chi connectivity index (χ3n) is 5.29. The van der Waals surface area contributed by atoms with E-state index in [0.717, 1.165) is 42.9 Å². The second kappa shape index (κ2) is 8.19. The Morgan fingerprint density at radius 1 is 1.06 bits per heavy atom. The van der Waals surface area contributed by atoms with Gasteiger partial charge in [-0.15, -0.1) is 0 Å². The van der Waals surface area contributed by atoms with Crippen molar-refractivity contribution in [1.82, 2.24) is 25.3 Å². The fourth-order valence-electron chi connectivity index (χ4n) is 3.64. The zero-order chi connectivity index (χ0) is 21.2. The van der Waals surface area contributed by atoms with E-state index in [1.165, 1.54) is 12.3 Å². The summed E-state index contributed by atoms with van der Waals surface area (Å²) in [4.78, 5) is 29.5. The molecule has 4 aromatic heterocycles. The number of hydrogen-bond donors (Lipinski definition) is 2. The number of anilines is 1. The standard InChI is InChI=1S/C22H19FN6O2/c23-17-5-15(8-25-11-17)18-6-14-7-20(27-10-16(14)9-26-18)29-21(30)19-12-31-22(28-19)13-1-3-24-4-2-13/h5-13,24H,1-4H2,(H,27,29,30). The van der Waals surface area contributed by atoms with Gasteiger partial charge in [-0.25, -0.2) is 14.4 Å². The Morgan fingerprint density at radius 2 is 1.90 bits per heavy atom. The predicted molar refractivity (Wildman–Crippen MR) is 112 cm³/mol. The van der Waals surface area contributed by atoms with Crippen molar-refractivity contribution in [1.29, 1.82) is 0 Å². The molecule has 0 atom stereocenters. The average Bonchev–Trinajstić information content (AvgIpc) is 3.30. The third-order valence-corrected chi connectivity index (χ3v) is 5.29. The van der Waals surface area contributed by atoms with Gasteiger partial charge in [-0.05, 0) is 49.5 Å². The highest BCUT2D eigenvalue weighted by Crippen LogP contribution is 2.25. The molecule has 31 heavy (non-hydrogen) atoms. The smallest absolute Gasteiger partial charge is 0.278 e. The number of halogens is 1. The van der Waals surface area contributed by atoms with Gasteiger partial charge in [-0.1, -0.05) is 0 Å². The Labute approximate surface area is 177 Å². The van der Waals surface area contributed by atoms with E-state index >= 15 is 0 Å². The highest BCUT2D eigenvalue weighted by atomic mass is 19.1. The quantitative estimate of drug-likeness (QED) is 0.522. The number of piperidine rings is 1. The number of carbonyl (C=O) groups excluding carboxylic acids is 1. The number of amides is 1. The van der Waals surface area contributed by atoms with E-state index in [2.05, 4.69) is 30.6 Å². The maximum absolute atomic E-state index is 13.5. The number of pyridine rings is 3. The molecule has 9 heteroatoms. The van der Waals surface area contributed by atoms with Crippen molar-refractivity contribution >= 4 is 22.5 Å². The first-order chi connectivity index (χ1) is 15.2. The number of oxazole rings is 1. The molecule has 5 rings (SSSR count). The molecule has 4 aromatic rings. The van der Waals surface area contributed by atoms with Gasteiger partial charge in [0.15, 0.2) is 11.6 Å². The summed E-state index contributed by atoms with van der Waals surface area (Å²) in [6.45, 7) is 1.83. The molecule has 1 aliphatic rings. The number of carbonyl (C=O) groups is 1. The van der Waals surface area contributed by atoms with Crippen LogP contribution in [0.1, 0.15) is 35.1 Å². The van der Waals surface area contributed by atoms with Gasteiger partial charge in [-0.2, -0.15) is 0 Å². The van der Waals surface area contributed by atoms with E-state index in [4.69, 9.17) is 4.42 Å². The minimum absolute atomic E-state index is 0.219. The van der Waals surface area contributed by atoms with Gasteiger partial charge in [0, 0.05) is 35.5 Å². The summed E-state index contributed by atoms with van der Waals surface area (Å²) in [5, 5.41) is 7.65. The molecular weight excluding hydrogens is 399 g/mol. The molecule has 1 amide bonds. The molecule has 1 saturated heterocycles. The minimum atomic E-state index is -0.432. The van der Waals surface area contributed by atoms with Crippen LogP contribution in [0.4, 0.5) is 10.2 Å². The fourth-order valence-corrected chi connectivity index (χ4v) is 3.64. The fraction of sp³-hybridized carbons (Fsp3) is 0.227. The van der Waals surface area contributed by atoms with Crippen LogP contribution in [0.25, 0.3) is 22.0 Å². The molecular formula is C22H19FN6O2. The number of hydrogen-bond acceptors (Lipinski definition) is 7. The van der Waals surface area contributed by atoms with Crippen molar-refractivity contribution in [2.24, 2.45) is 0 Å². The van der Waals surface area contributed by atoms with Crippen LogP contribution < -0.4 is 10.6 Å². The highest BCUT2D eigenvalue weighted by molar-refractivity contribution is 6.03. The Balaban J connectivity index is 1.36. The van der Waals surface area contributed by atoms with Crippen LogP contribution >= 0.6 is 0 Å². The van der Waals surface area contributed by atoms with Crippen LogP contribution in [-0.4, -0.2) is 38.9 Å². The maximum Gasteiger partial charge on any atom is 0.278 e. The minimum Gasteiger partial charge on any atom is -0.448 e. The van der Waals surface area contributed by atoms with Crippen molar-refractivity contribution in [2.75, 3.05) is 18.4 Å². The normalized spacial score (nSPS) is 14.6. The molecule has 1 aliphatic heterocycles. The summed E-state index contributed by atoms with van der Waals surface area (Å²) in [7, 11) is 0. The molecule has 8 nitrogen and oxygen atoms in total. The second-order valence-electron chi connectivity index (χ2n) is 7.43. The molecule has 0 aromatic carbocycles. The lowest BCUT2D eigenvalue weighted by atomic mass is 9.98. The summed E-state index contributed by atoms with van der Waals surface area (Å²) in [6, 6.07) is 4.91. The number of nitrogens with one attached hydrogen (secondary N) is 2. The lowest BCUT2D eigenvalue weighted by molar-refractivity contribution is 0.102. The van der Waals surface area contributed by atoms with Crippen molar-refractivity contribution in [3.8, 4) is 11.3 Å². The van der Waals surface area contributed by atoms with Gasteiger partial charge in [0.25, 0.3) is 5.91 Å². The van der Waals surface area contributed by atoms with E-state index in [1.54, 1.807) is 30.7 Å². The van der Waals surface area contributed by atoms with Crippen molar-refractivity contribution in [2.45, 2.75) is 18.8 Å². The summed E-state index contributed by atoms with van der Waals surface area (Å²) >= 11 is 0. The number of nitrogens with zero attached hydrogens (tertiary/aromatic N) is 4. The molecule has 0 saturated carbocycles. The van der Waals surface area contributed by atoms with Crippen LogP contribution in [0.2, 0.25) is 0 Å². The Bertz CT molecular complexity index is 1250. The van der Waals surface area contributed by atoms with Crippen LogP contribution in [-0.2, 0) is 0 Å². The second-order valence-corrected chi connectivity index (χ2v) is 7.43. The lowest BCUT2D eigenvalue weighted by Gasteiger charge is -2.19. The molecule has 5 heterocycles. The molecule has 156 valence electrons. The summed E-state index contributed by atoms with van der Waals surface area (Å²) in [6.07, 6.45) is 9.21. The number of aromatic nitrogens is 4. The monoisotopic (exact) mass is 418 g/mol.